The first-order valence-corrected chi connectivity index (χ1v) is 6.73. The summed E-state index contributed by atoms with van der Waals surface area (Å²) in [6.07, 6.45) is 1.44. The Balaban J connectivity index is 2.59. The number of hydrogen-bond donors (Lipinski definition) is 1. The van der Waals surface area contributed by atoms with Crippen LogP contribution < -0.4 is 5.43 Å². The summed E-state index contributed by atoms with van der Waals surface area (Å²) < 4.78 is 3.35. The van der Waals surface area contributed by atoms with Crippen LogP contribution in [0.25, 0.3) is 20.3 Å². The van der Waals surface area contributed by atoms with Crippen LogP contribution in [0.4, 0.5) is 0 Å². The summed E-state index contributed by atoms with van der Waals surface area (Å²) in [6, 6.07) is 7.74. The van der Waals surface area contributed by atoms with Gasteiger partial charge in [-0.15, -0.1) is 11.3 Å². The molecule has 0 amide bonds. The average molecular weight is 273 g/mol. The molecule has 5 heteroatoms. The van der Waals surface area contributed by atoms with Crippen molar-refractivity contribution in [2.75, 3.05) is 0 Å². The number of nitrogens with zero attached hydrogens (tertiary/aromatic N) is 1. The quantitative estimate of drug-likeness (QED) is 0.781. The first-order valence-electron chi connectivity index (χ1n) is 5.91. The third kappa shape index (κ3) is 1.66. The monoisotopic (exact) mass is 273 g/mol. The highest BCUT2D eigenvalue weighted by Crippen LogP contribution is 2.31. The van der Waals surface area contributed by atoms with E-state index in [0.717, 1.165) is 15.6 Å². The summed E-state index contributed by atoms with van der Waals surface area (Å²) in [7, 11) is 0. The van der Waals surface area contributed by atoms with Gasteiger partial charge in [-0.2, -0.15) is 0 Å². The Morgan fingerprint density at radius 3 is 2.79 bits per heavy atom. The van der Waals surface area contributed by atoms with Crippen molar-refractivity contribution in [2.45, 2.75) is 13.5 Å². The van der Waals surface area contributed by atoms with Crippen molar-refractivity contribution in [2.24, 2.45) is 0 Å². The van der Waals surface area contributed by atoms with Crippen molar-refractivity contribution < 1.29 is 9.90 Å². The Kier molecular flexibility index (Phi) is 2.64. The standard InChI is InChI=1S/C14H11NO3S/c1-2-15-7-9(14(17)18)12(16)13-11(15)8-5-3-4-6-10(8)19-13/h3-7H,2H2,1H3,(H,17,18). The molecule has 0 atom stereocenters. The second kappa shape index (κ2) is 4.20. The molecule has 1 aromatic carbocycles. The number of aromatic carboxylic acids is 1. The van der Waals surface area contributed by atoms with Gasteiger partial charge < -0.3 is 9.67 Å². The lowest BCUT2D eigenvalue weighted by molar-refractivity contribution is 0.0695. The molecule has 0 radical (unpaired) electrons. The molecule has 0 aliphatic rings. The summed E-state index contributed by atoms with van der Waals surface area (Å²) in [5, 5.41) is 10.1. The first kappa shape index (κ1) is 11.9. The number of carbonyl (C=O) groups is 1. The van der Waals surface area contributed by atoms with Crippen LogP contribution in [-0.4, -0.2) is 15.6 Å². The minimum atomic E-state index is -1.17. The van der Waals surface area contributed by atoms with Crippen molar-refractivity contribution in [1.29, 1.82) is 0 Å². The van der Waals surface area contributed by atoms with Gasteiger partial charge in [0.05, 0.1) is 5.52 Å². The number of aryl methyl sites for hydroxylation is 1. The first-order chi connectivity index (χ1) is 9.13. The predicted molar refractivity (Wildman–Crippen MR) is 76.2 cm³/mol. The van der Waals surface area contributed by atoms with Crippen LogP contribution in [0.2, 0.25) is 0 Å². The topological polar surface area (TPSA) is 59.3 Å². The van der Waals surface area contributed by atoms with Crippen LogP contribution in [0.3, 0.4) is 0 Å². The van der Waals surface area contributed by atoms with Crippen LogP contribution in [0.5, 0.6) is 0 Å². The van der Waals surface area contributed by atoms with E-state index in [-0.39, 0.29) is 5.56 Å². The Morgan fingerprint density at radius 2 is 2.11 bits per heavy atom. The zero-order chi connectivity index (χ0) is 13.6. The van der Waals surface area contributed by atoms with E-state index in [0.29, 0.717) is 11.2 Å². The van der Waals surface area contributed by atoms with Crippen molar-refractivity contribution >= 4 is 37.6 Å². The Labute approximate surface area is 112 Å². The lowest BCUT2D eigenvalue weighted by Crippen LogP contribution is -2.17. The summed E-state index contributed by atoms with van der Waals surface area (Å²) in [6.45, 7) is 2.56. The smallest absolute Gasteiger partial charge is 0.341 e. The van der Waals surface area contributed by atoms with Crippen LogP contribution in [0, 0.1) is 0 Å². The van der Waals surface area contributed by atoms with Crippen molar-refractivity contribution in [1.82, 2.24) is 4.57 Å². The summed E-state index contributed by atoms with van der Waals surface area (Å²) in [4.78, 5) is 23.4. The summed E-state index contributed by atoms with van der Waals surface area (Å²) in [5.74, 6) is -1.17. The Bertz CT molecular complexity index is 860. The van der Waals surface area contributed by atoms with Crippen molar-refractivity contribution in [3.05, 3.63) is 46.2 Å². The van der Waals surface area contributed by atoms with Gasteiger partial charge in [0.15, 0.2) is 0 Å². The van der Waals surface area contributed by atoms with Crippen LogP contribution in [-0.2, 0) is 6.54 Å². The van der Waals surface area contributed by atoms with Gasteiger partial charge in [0.25, 0.3) is 0 Å². The molecule has 19 heavy (non-hydrogen) atoms. The molecule has 96 valence electrons. The molecule has 2 aromatic heterocycles. The van der Waals surface area contributed by atoms with E-state index < -0.39 is 11.4 Å². The highest BCUT2D eigenvalue weighted by atomic mass is 32.1. The average Bonchev–Trinajstić information content (AvgIpc) is 2.79. The zero-order valence-electron chi connectivity index (χ0n) is 10.2. The van der Waals surface area contributed by atoms with Gasteiger partial charge in [-0.3, -0.25) is 4.79 Å². The SMILES string of the molecule is CCn1cc(C(=O)O)c(=O)c2sc3ccccc3c21. The zero-order valence-corrected chi connectivity index (χ0v) is 11.0. The number of rotatable bonds is 2. The number of benzene rings is 1. The highest BCUT2D eigenvalue weighted by Gasteiger charge is 2.17. The van der Waals surface area contributed by atoms with Gasteiger partial charge in [-0.25, -0.2) is 4.79 Å². The van der Waals surface area contributed by atoms with Gasteiger partial charge in [-0.05, 0) is 13.0 Å². The lowest BCUT2D eigenvalue weighted by Gasteiger charge is -2.07. The number of hydrogen-bond acceptors (Lipinski definition) is 3. The maximum atomic E-state index is 12.2. The van der Waals surface area contributed by atoms with E-state index in [9.17, 15) is 9.59 Å². The molecular weight excluding hydrogens is 262 g/mol. The van der Waals surface area contributed by atoms with E-state index in [1.165, 1.54) is 17.5 Å². The summed E-state index contributed by atoms with van der Waals surface area (Å²) in [5.41, 5.74) is 0.271. The number of thiophene rings is 1. The Morgan fingerprint density at radius 1 is 1.37 bits per heavy atom. The van der Waals surface area contributed by atoms with Gasteiger partial charge in [0.2, 0.25) is 5.43 Å². The number of aromatic nitrogens is 1. The number of fused-ring (bicyclic) bond motifs is 3. The molecule has 0 unspecified atom stereocenters. The second-order valence-electron chi connectivity index (χ2n) is 4.24. The van der Waals surface area contributed by atoms with Crippen LogP contribution in [0.1, 0.15) is 17.3 Å². The maximum absolute atomic E-state index is 12.2. The number of pyridine rings is 1. The predicted octanol–water partition coefficient (Wildman–Crippen LogP) is 2.93. The minimum Gasteiger partial charge on any atom is -0.477 e. The normalized spacial score (nSPS) is 11.2. The fourth-order valence-electron chi connectivity index (χ4n) is 2.27. The fraction of sp³-hybridized carbons (Fsp3) is 0.143. The van der Waals surface area contributed by atoms with Crippen molar-refractivity contribution in [3.63, 3.8) is 0 Å². The lowest BCUT2D eigenvalue weighted by atomic mass is 10.2. The third-order valence-electron chi connectivity index (χ3n) is 3.16. The molecule has 0 aliphatic heterocycles. The molecule has 0 fully saturated rings. The molecule has 2 heterocycles. The molecule has 4 nitrogen and oxygen atoms in total. The minimum absolute atomic E-state index is 0.166. The van der Waals surface area contributed by atoms with E-state index >= 15 is 0 Å². The van der Waals surface area contributed by atoms with Gasteiger partial charge >= 0.3 is 5.97 Å². The highest BCUT2D eigenvalue weighted by molar-refractivity contribution is 7.25. The van der Waals surface area contributed by atoms with Crippen molar-refractivity contribution in [3.8, 4) is 0 Å². The van der Waals surface area contributed by atoms with Crippen LogP contribution in [0.15, 0.2) is 35.3 Å². The third-order valence-corrected chi connectivity index (χ3v) is 4.32. The maximum Gasteiger partial charge on any atom is 0.341 e. The molecule has 0 spiro atoms. The van der Waals surface area contributed by atoms with E-state index in [1.807, 2.05) is 35.8 Å². The second-order valence-corrected chi connectivity index (χ2v) is 5.29. The van der Waals surface area contributed by atoms with Gasteiger partial charge in [-0.1, -0.05) is 18.2 Å². The van der Waals surface area contributed by atoms with Gasteiger partial charge in [0, 0.05) is 22.8 Å². The molecule has 0 aliphatic carbocycles. The van der Waals surface area contributed by atoms with E-state index in [1.54, 1.807) is 0 Å². The number of carboxylic acid groups (broad SMARTS) is 1. The van der Waals surface area contributed by atoms with Gasteiger partial charge in [0.1, 0.15) is 10.3 Å². The molecule has 3 aromatic rings. The molecule has 0 saturated heterocycles. The molecule has 0 bridgehead atoms. The fourth-order valence-corrected chi connectivity index (χ4v) is 3.44. The molecular formula is C14H11NO3S. The summed E-state index contributed by atoms with van der Waals surface area (Å²) >= 11 is 1.35. The van der Waals surface area contributed by atoms with E-state index in [4.69, 9.17) is 5.11 Å². The van der Waals surface area contributed by atoms with E-state index in [2.05, 4.69) is 0 Å². The Hall–Kier alpha value is -2.14. The number of carboxylic acids is 1. The largest absolute Gasteiger partial charge is 0.477 e. The van der Waals surface area contributed by atoms with Crippen LogP contribution >= 0.6 is 11.3 Å². The molecule has 0 saturated carbocycles. The molecule has 3 rings (SSSR count). The molecule has 1 N–H and O–H groups in total.